The summed E-state index contributed by atoms with van der Waals surface area (Å²) in [5.41, 5.74) is 6.80. The number of nitrogens with one attached hydrogen (secondary N) is 2. The summed E-state index contributed by atoms with van der Waals surface area (Å²) in [5, 5.41) is 26.0. The Morgan fingerprint density at radius 1 is 1.38 bits per heavy atom. The summed E-state index contributed by atoms with van der Waals surface area (Å²) in [6.07, 6.45) is 1.65. The number of thiazole rings is 1. The van der Waals surface area contributed by atoms with E-state index < -0.39 is 29.2 Å². The van der Waals surface area contributed by atoms with Crippen molar-refractivity contribution in [1.29, 1.82) is 0 Å². The predicted molar refractivity (Wildman–Crippen MR) is 145 cm³/mol. The van der Waals surface area contributed by atoms with E-state index in [-0.39, 0.29) is 27.5 Å². The Labute approximate surface area is 233 Å². The van der Waals surface area contributed by atoms with E-state index in [9.17, 15) is 19.5 Å². The van der Waals surface area contributed by atoms with Crippen molar-refractivity contribution in [2.24, 2.45) is 5.16 Å². The number of pyridine rings is 1. The van der Waals surface area contributed by atoms with Gasteiger partial charge >= 0.3 is 5.97 Å². The highest BCUT2D eigenvalue weighted by Gasteiger charge is 2.55. The van der Waals surface area contributed by atoms with Crippen molar-refractivity contribution in [2.75, 3.05) is 18.6 Å². The minimum absolute atomic E-state index is 0.100. The van der Waals surface area contributed by atoms with Gasteiger partial charge in [0.1, 0.15) is 35.6 Å². The number of β-lactam (4-membered cyclic amide) rings is 1. The second kappa shape index (κ2) is 11.0. The predicted octanol–water partition coefficient (Wildman–Crippen LogP) is 1.18. The SMILES string of the molecule is CON=C(C(=O)N[C@@H]1C(=O)N2C(C(=O)O)=C(C(C)Sc3nnc(-c4ccccn4)[nH]3)CS[C@@H]12)c1csc(N)n1. The first-order valence-corrected chi connectivity index (χ1v) is 14.1. The number of nitrogens with zero attached hydrogens (tertiary/aromatic N) is 6. The van der Waals surface area contributed by atoms with Gasteiger partial charge in [0.25, 0.3) is 11.8 Å². The number of H-pyrrole nitrogens is 1. The van der Waals surface area contributed by atoms with E-state index >= 15 is 0 Å². The van der Waals surface area contributed by atoms with Crippen LogP contribution >= 0.6 is 34.9 Å². The largest absolute Gasteiger partial charge is 0.477 e. The lowest BCUT2D eigenvalue weighted by Gasteiger charge is -2.49. The van der Waals surface area contributed by atoms with Crippen molar-refractivity contribution in [3.8, 4) is 11.5 Å². The number of thioether (sulfide) groups is 2. The van der Waals surface area contributed by atoms with Crippen molar-refractivity contribution in [2.45, 2.75) is 28.7 Å². The molecule has 0 radical (unpaired) electrons. The second-order valence-corrected chi connectivity index (χ2v) is 11.5. The minimum atomic E-state index is -1.23. The van der Waals surface area contributed by atoms with Crippen LogP contribution in [-0.2, 0) is 19.2 Å². The number of aliphatic carboxylic acids is 1. The number of carbonyl (C=O) groups is 3. The summed E-state index contributed by atoms with van der Waals surface area (Å²) in [6, 6.07) is 4.47. The highest BCUT2D eigenvalue weighted by molar-refractivity contribution is 8.01. The lowest BCUT2D eigenvalue weighted by Crippen LogP contribution is -2.71. The van der Waals surface area contributed by atoms with Crippen LogP contribution in [0.1, 0.15) is 12.6 Å². The maximum absolute atomic E-state index is 13.1. The zero-order chi connectivity index (χ0) is 27.7. The van der Waals surface area contributed by atoms with E-state index in [1.165, 1.54) is 35.5 Å². The first-order chi connectivity index (χ1) is 18.8. The molecule has 5 N–H and O–H groups in total. The Balaban J connectivity index is 1.31. The van der Waals surface area contributed by atoms with E-state index in [1.54, 1.807) is 23.7 Å². The Kier molecular flexibility index (Phi) is 7.53. The molecule has 202 valence electrons. The average molecular weight is 588 g/mol. The number of carbonyl (C=O) groups excluding carboxylic acids is 2. The van der Waals surface area contributed by atoms with Crippen LogP contribution in [0.3, 0.4) is 0 Å². The van der Waals surface area contributed by atoms with E-state index in [1.807, 2.05) is 13.0 Å². The van der Waals surface area contributed by atoms with Crippen molar-refractivity contribution in [3.63, 3.8) is 0 Å². The fourth-order valence-electron chi connectivity index (χ4n) is 4.01. The highest BCUT2D eigenvalue weighted by Crippen LogP contribution is 2.43. The zero-order valence-electron chi connectivity index (χ0n) is 20.4. The molecule has 2 aliphatic heterocycles. The van der Waals surface area contributed by atoms with E-state index in [0.717, 1.165) is 11.3 Å². The number of rotatable bonds is 9. The monoisotopic (exact) mass is 587 g/mol. The molecule has 0 aromatic carbocycles. The van der Waals surface area contributed by atoms with Gasteiger partial charge in [0.2, 0.25) is 0 Å². The van der Waals surface area contributed by atoms with Gasteiger partial charge in [-0.15, -0.1) is 33.3 Å². The van der Waals surface area contributed by atoms with Crippen LogP contribution in [-0.4, -0.2) is 88.2 Å². The Morgan fingerprint density at radius 3 is 2.87 bits per heavy atom. The maximum Gasteiger partial charge on any atom is 0.352 e. The molecule has 5 rings (SSSR count). The smallest absolute Gasteiger partial charge is 0.352 e. The van der Waals surface area contributed by atoms with E-state index in [2.05, 4.69) is 35.6 Å². The first kappa shape index (κ1) is 26.6. The fraction of sp³-hybridized carbons (Fsp3) is 0.273. The minimum Gasteiger partial charge on any atom is -0.477 e. The highest BCUT2D eigenvalue weighted by atomic mass is 32.2. The lowest BCUT2D eigenvalue weighted by molar-refractivity contribution is -0.150. The second-order valence-electron chi connectivity index (χ2n) is 8.19. The number of aromatic amines is 1. The number of fused-ring (bicyclic) bond motifs is 1. The molecular formula is C22H21N9O5S3. The first-order valence-electron chi connectivity index (χ1n) is 11.3. The van der Waals surface area contributed by atoms with Gasteiger partial charge in [-0.3, -0.25) is 19.5 Å². The number of hydrogen-bond acceptors (Lipinski definition) is 13. The number of carboxylic acids is 1. The summed E-state index contributed by atoms with van der Waals surface area (Å²) >= 11 is 3.77. The molecule has 2 aliphatic rings. The molecule has 39 heavy (non-hydrogen) atoms. The van der Waals surface area contributed by atoms with Crippen molar-refractivity contribution >= 4 is 63.5 Å². The fourth-order valence-corrected chi connectivity index (χ4v) is 7.05. The van der Waals surface area contributed by atoms with Crippen LogP contribution in [0.5, 0.6) is 0 Å². The molecule has 0 bridgehead atoms. The van der Waals surface area contributed by atoms with Gasteiger partial charge in [0.05, 0.1) is 0 Å². The summed E-state index contributed by atoms with van der Waals surface area (Å²) in [6.45, 7) is 1.84. The Hall–Kier alpha value is -3.96. The van der Waals surface area contributed by atoms with Gasteiger partial charge in [-0.05, 0) is 24.6 Å². The molecule has 17 heteroatoms. The van der Waals surface area contributed by atoms with Gasteiger partial charge in [-0.25, -0.2) is 9.78 Å². The van der Waals surface area contributed by atoms with Crippen LogP contribution in [0.15, 0.2) is 51.4 Å². The number of aromatic nitrogens is 5. The number of carboxylic acid groups (broad SMARTS) is 1. The number of oxime groups is 1. The Morgan fingerprint density at radius 2 is 2.21 bits per heavy atom. The number of amides is 2. The summed E-state index contributed by atoms with van der Waals surface area (Å²) in [4.78, 5) is 55.7. The van der Waals surface area contributed by atoms with Crippen molar-refractivity contribution in [3.05, 3.63) is 46.7 Å². The van der Waals surface area contributed by atoms with E-state index in [4.69, 9.17) is 10.6 Å². The van der Waals surface area contributed by atoms with Gasteiger partial charge in [-0.1, -0.05) is 23.0 Å². The molecule has 3 aromatic heterocycles. The average Bonchev–Trinajstić information content (AvgIpc) is 3.58. The van der Waals surface area contributed by atoms with Crippen molar-refractivity contribution < 1.29 is 24.3 Å². The topological polar surface area (TPSA) is 202 Å². The molecule has 2 amide bonds. The number of hydrogen-bond donors (Lipinski definition) is 4. The number of nitrogens with two attached hydrogens (primary N) is 1. The molecule has 1 unspecified atom stereocenters. The molecule has 5 heterocycles. The van der Waals surface area contributed by atoms with Gasteiger partial charge in [0, 0.05) is 22.6 Å². The quantitative estimate of drug-likeness (QED) is 0.121. The lowest BCUT2D eigenvalue weighted by atomic mass is 10.0. The molecule has 3 atom stereocenters. The van der Waals surface area contributed by atoms with Gasteiger partial charge < -0.3 is 26.0 Å². The van der Waals surface area contributed by atoms with Crippen LogP contribution in [0.4, 0.5) is 5.13 Å². The van der Waals surface area contributed by atoms with Crippen LogP contribution in [0.25, 0.3) is 11.5 Å². The van der Waals surface area contributed by atoms with Crippen LogP contribution in [0.2, 0.25) is 0 Å². The molecule has 14 nitrogen and oxygen atoms in total. The molecule has 1 fully saturated rings. The van der Waals surface area contributed by atoms with E-state index in [0.29, 0.717) is 28.0 Å². The standard InChI is InChI=1S/C22H21N9O5S3/c1-9(39-22-27-16(28-29-22)11-5-3-4-6-24-11)10-7-37-19-14(18(33)31(19)15(10)20(34)35)26-17(32)13(30-36-2)12-8-38-21(23)25-12/h3-6,8-9,14,19H,7H2,1-2H3,(H2,23,25)(H,26,32)(H,34,35)(H,27,28,29)/t9?,14-,19+/m1/s1. The molecule has 1 saturated heterocycles. The molecule has 3 aromatic rings. The third-order valence-electron chi connectivity index (χ3n) is 5.80. The Bertz CT molecular complexity index is 1490. The summed E-state index contributed by atoms with van der Waals surface area (Å²) in [7, 11) is 1.28. The van der Waals surface area contributed by atoms with Crippen LogP contribution < -0.4 is 11.1 Å². The maximum atomic E-state index is 13.1. The normalized spacial score (nSPS) is 19.8. The number of nitrogen functional groups attached to an aromatic ring is 1. The van der Waals surface area contributed by atoms with Gasteiger partial charge in [0.15, 0.2) is 21.8 Å². The molecule has 0 saturated carbocycles. The van der Waals surface area contributed by atoms with Crippen molar-refractivity contribution in [1.82, 2.24) is 35.4 Å². The molecule has 0 aliphatic carbocycles. The zero-order valence-corrected chi connectivity index (χ0v) is 22.8. The summed E-state index contributed by atoms with van der Waals surface area (Å²) < 4.78 is 0. The molecule has 0 spiro atoms. The summed E-state index contributed by atoms with van der Waals surface area (Å²) in [5.74, 6) is -1.64. The number of anilines is 1. The van der Waals surface area contributed by atoms with Gasteiger partial charge in [-0.2, -0.15) is 0 Å². The molecular weight excluding hydrogens is 567 g/mol. The third-order valence-corrected chi connectivity index (χ3v) is 8.82. The van der Waals surface area contributed by atoms with Crippen LogP contribution in [0, 0.1) is 0 Å². The third kappa shape index (κ3) is 5.19.